The zero-order valence-electron chi connectivity index (χ0n) is 16.0. The molecule has 0 fully saturated rings. The van der Waals surface area contributed by atoms with E-state index in [1.54, 1.807) is 0 Å². The lowest BCUT2D eigenvalue weighted by Crippen LogP contribution is -2.28. The SMILES string of the molecule is CCCCC/C=C1\CC(CCCCCC)=C1C(=O)OC(C)(C)C. The molecule has 1 aliphatic carbocycles. The number of ether oxygens (including phenoxy) is 1. The first-order valence-corrected chi connectivity index (χ1v) is 9.53. The second-order valence-electron chi connectivity index (χ2n) is 7.69. The van der Waals surface area contributed by atoms with Crippen LogP contribution >= 0.6 is 0 Å². The molecule has 0 bridgehead atoms. The lowest BCUT2D eigenvalue weighted by Gasteiger charge is -2.29. The van der Waals surface area contributed by atoms with E-state index >= 15 is 0 Å². The first kappa shape index (κ1) is 20.0. The molecule has 2 heteroatoms. The van der Waals surface area contributed by atoms with Crippen LogP contribution in [0.2, 0.25) is 0 Å². The molecule has 0 aromatic rings. The van der Waals surface area contributed by atoms with E-state index in [9.17, 15) is 4.79 Å². The van der Waals surface area contributed by atoms with E-state index in [0.29, 0.717) is 0 Å². The summed E-state index contributed by atoms with van der Waals surface area (Å²) in [6, 6.07) is 0. The van der Waals surface area contributed by atoms with Crippen LogP contribution in [0.3, 0.4) is 0 Å². The molecular weight excluding hydrogens is 284 g/mol. The number of carbonyl (C=O) groups is 1. The Labute approximate surface area is 143 Å². The van der Waals surface area contributed by atoms with Crippen molar-refractivity contribution >= 4 is 5.97 Å². The maximum atomic E-state index is 12.5. The third kappa shape index (κ3) is 7.37. The van der Waals surface area contributed by atoms with Gasteiger partial charge >= 0.3 is 5.97 Å². The molecular formula is C21H36O2. The molecule has 0 amide bonds. The van der Waals surface area contributed by atoms with Crippen LogP contribution in [0.25, 0.3) is 0 Å². The van der Waals surface area contributed by atoms with Gasteiger partial charge in [-0.2, -0.15) is 0 Å². The Morgan fingerprint density at radius 2 is 1.70 bits per heavy atom. The topological polar surface area (TPSA) is 26.3 Å². The van der Waals surface area contributed by atoms with Gasteiger partial charge in [-0.05, 0) is 58.4 Å². The summed E-state index contributed by atoms with van der Waals surface area (Å²) >= 11 is 0. The molecule has 0 radical (unpaired) electrons. The molecule has 0 atom stereocenters. The van der Waals surface area contributed by atoms with Gasteiger partial charge in [0.1, 0.15) is 5.60 Å². The lowest BCUT2D eigenvalue weighted by molar-refractivity contribution is -0.149. The third-order valence-electron chi connectivity index (χ3n) is 4.21. The van der Waals surface area contributed by atoms with Crippen LogP contribution in [0.4, 0.5) is 0 Å². The second kappa shape index (κ2) is 9.95. The van der Waals surface area contributed by atoms with E-state index in [4.69, 9.17) is 4.74 Å². The predicted molar refractivity (Wildman–Crippen MR) is 98.5 cm³/mol. The van der Waals surface area contributed by atoms with Gasteiger partial charge in [0, 0.05) is 0 Å². The van der Waals surface area contributed by atoms with Crippen LogP contribution < -0.4 is 0 Å². The molecule has 1 aliphatic rings. The second-order valence-corrected chi connectivity index (χ2v) is 7.69. The van der Waals surface area contributed by atoms with Crippen LogP contribution in [0.1, 0.15) is 98.8 Å². The van der Waals surface area contributed by atoms with Gasteiger partial charge in [0.25, 0.3) is 0 Å². The summed E-state index contributed by atoms with van der Waals surface area (Å²) < 4.78 is 5.62. The molecule has 0 spiro atoms. The standard InChI is InChI=1S/C21H36O2/c1-6-8-10-12-14-17-16-18(15-13-11-9-7-2)19(17)20(22)23-21(3,4)5/h14H,6-13,15-16H2,1-5H3/b17-14+. The molecule has 0 saturated carbocycles. The van der Waals surface area contributed by atoms with Crippen molar-refractivity contribution < 1.29 is 9.53 Å². The van der Waals surface area contributed by atoms with Gasteiger partial charge < -0.3 is 4.74 Å². The minimum absolute atomic E-state index is 0.115. The predicted octanol–water partition coefficient (Wildman–Crippen LogP) is 6.51. The van der Waals surface area contributed by atoms with Gasteiger partial charge in [-0.1, -0.05) is 57.6 Å². The first-order chi connectivity index (χ1) is 10.9. The minimum Gasteiger partial charge on any atom is -0.456 e. The summed E-state index contributed by atoms with van der Waals surface area (Å²) in [5, 5.41) is 0. The van der Waals surface area contributed by atoms with Crippen LogP contribution in [0.5, 0.6) is 0 Å². The van der Waals surface area contributed by atoms with Crippen LogP contribution in [-0.4, -0.2) is 11.6 Å². The summed E-state index contributed by atoms with van der Waals surface area (Å²) in [7, 11) is 0. The molecule has 0 aromatic carbocycles. The highest BCUT2D eigenvalue weighted by Crippen LogP contribution is 2.39. The molecule has 0 unspecified atom stereocenters. The third-order valence-corrected chi connectivity index (χ3v) is 4.21. The summed E-state index contributed by atoms with van der Waals surface area (Å²) in [5.74, 6) is -0.115. The van der Waals surface area contributed by atoms with Crippen molar-refractivity contribution in [1.29, 1.82) is 0 Å². The molecule has 0 saturated heterocycles. The Balaban J connectivity index is 2.70. The maximum Gasteiger partial charge on any atom is 0.338 e. The Kier molecular flexibility index (Phi) is 8.65. The minimum atomic E-state index is -0.416. The van der Waals surface area contributed by atoms with E-state index in [0.717, 1.165) is 24.8 Å². The fourth-order valence-electron chi connectivity index (χ4n) is 2.96. The van der Waals surface area contributed by atoms with Crippen molar-refractivity contribution in [2.75, 3.05) is 0 Å². The quantitative estimate of drug-likeness (QED) is 0.339. The van der Waals surface area contributed by atoms with Crippen molar-refractivity contribution in [3.63, 3.8) is 0 Å². The van der Waals surface area contributed by atoms with Gasteiger partial charge in [-0.15, -0.1) is 0 Å². The lowest BCUT2D eigenvalue weighted by atomic mass is 9.79. The van der Waals surface area contributed by atoms with Gasteiger partial charge in [-0.25, -0.2) is 4.79 Å². The van der Waals surface area contributed by atoms with Crippen LogP contribution in [-0.2, 0) is 9.53 Å². The maximum absolute atomic E-state index is 12.5. The van der Waals surface area contributed by atoms with E-state index in [2.05, 4.69) is 19.9 Å². The van der Waals surface area contributed by atoms with Crippen molar-refractivity contribution in [2.24, 2.45) is 0 Å². The zero-order chi connectivity index (χ0) is 17.3. The molecule has 0 heterocycles. The number of hydrogen-bond acceptors (Lipinski definition) is 2. The number of rotatable bonds is 10. The van der Waals surface area contributed by atoms with E-state index in [-0.39, 0.29) is 5.97 Å². The van der Waals surface area contributed by atoms with E-state index in [1.807, 2.05) is 20.8 Å². The Bertz CT molecular complexity index is 435. The van der Waals surface area contributed by atoms with E-state index in [1.165, 1.54) is 56.1 Å². The van der Waals surface area contributed by atoms with Crippen molar-refractivity contribution in [2.45, 2.75) is 104 Å². The van der Waals surface area contributed by atoms with Crippen LogP contribution in [0, 0.1) is 0 Å². The number of unbranched alkanes of at least 4 members (excludes halogenated alkanes) is 6. The fraction of sp³-hybridized carbons (Fsp3) is 0.762. The highest BCUT2D eigenvalue weighted by molar-refractivity contribution is 5.97. The molecule has 0 aliphatic heterocycles. The summed E-state index contributed by atoms with van der Waals surface area (Å²) in [6.45, 7) is 10.3. The molecule has 2 nitrogen and oxygen atoms in total. The smallest absolute Gasteiger partial charge is 0.338 e. The summed E-state index contributed by atoms with van der Waals surface area (Å²) in [5.41, 5.74) is 3.02. The highest BCUT2D eigenvalue weighted by atomic mass is 16.6. The van der Waals surface area contributed by atoms with Crippen molar-refractivity contribution in [1.82, 2.24) is 0 Å². The molecule has 0 N–H and O–H groups in total. The average Bonchev–Trinajstić information content (AvgIpc) is 2.41. The first-order valence-electron chi connectivity index (χ1n) is 9.53. The highest BCUT2D eigenvalue weighted by Gasteiger charge is 2.31. The summed E-state index contributed by atoms with van der Waals surface area (Å²) in [6.07, 6.45) is 14.1. The molecule has 23 heavy (non-hydrogen) atoms. The monoisotopic (exact) mass is 320 g/mol. The number of hydrogen-bond donors (Lipinski definition) is 0. The Morgan fingerprint density at radius 1 is 1.04 bits per heavy atom. The van der Waals surface area contributed by atoms with Crippen LogP contribution in [0.15, 0.2) is 22.8 Å². The molecule has 132 valence electrons. The summed E-state index contributed by atoms with van der Waals surface area (Å²) in [4.78, 5) is 12.5. The molecule has 1 rings (SSSR count). The van der Waals surface area contributed by atoms with Gasteiger partial charge in [0.15, 0.2) is 0 Å². The van der Waals surface area contributed by atoms with Crippen molar-refractivity contribution in [3.8, 4) is 0 Å². The number of carbonyl (C=O) groups excluding carboxylic acids is 1. The van der Waals surface area contributed by atoms with E-state index < -0.39 is 5.60 Å². The normalized spacial score (nSPS) is 16.7. The Hall–Kier alpha value is -1.05. The van der Waals surface area contributed by atoms with Crippen molar-refractivity contribution in [3.05, 3.63) is 22.8 Å². The van der Waals surface area contributed by atoms with Gasteiger partial charge in [0.05, 0.1) is 5.57 Å². The van der Waals surface area contributed by atoms with Gasteiger partial charge in [0.2, 0.25) is 0 Å². The average molecular weight is 321 g/mol. The number of allylic oxidation sites excluding steroid dienone is 2. The largest absolute Gasteiger partial charge is 0.456 e. The fourth-order valence-corrected chi connectivity index (χ4v) is 2.96. The Morgan fingerprint density at radius 3 is 2.30 bits per heavy atom. The zero-order valence-corrected chi connectivity index (χ0v) is 16.0. The van der Waals surface area contributed by atoms with Gasteiger partial charge in [-0.3, -0.25) is 0 Å². The molecule has 0 aromatic heterocycles. The number of esters is 1.